The first kappa shape index (κ1) is 22.3. The molecule has 4 nitrogen and oxygen atoms in total. The number of carboxylic acids is 1. The Morgan fingerprint density at radius 1 is 1.07 bits per heavy atom. The molecule has 2 N–H and O–H groups in total. The molecular formula is C22H21F3O4. The molecule has 0 heterocycles. The fourth-order valence-corrected chi connectivity index (χ4v) is 2.68. The van der Waals surface area contributed by atoms with Crippen molar-refractivity contribution in [1.29, 1.82) is 0 Å². The van der Waals surface area contributed by atoms with Crippen LogP contribution >= 0.6 is 0 Å². The van der Waals surface area contributed by atoms with Crippen LogP contribution in [0.1, 0.15) is 52.4 Å². The first-order valence-electron chi connectivity index (χ1n) is 9.08. The SMILES string of the molecule is CCCOCCCc1cc(C(=O)O)ccc1C#Cc1ccc(O)cc1C(F)(F)F. The molecule has 0 saturated heterocycles. The van der Waals surface area contributed by atoms with Crippen molar-refractivity contribution in [2.75, 3.05) is 13.2 Å². The van der Waals surface area contributed by atoms with Gasteiger partial charge < -0.3 is 14.9 Å². The summed E-state index contributed by atoms with van der Waals surface area (Å²) in [5.74, 6) is 3.63. The Morgan fingerprint density at radius 2 is 1.76 bits per heavy atom. The van der Waals surface area contributed by atoms with E-state index in [0.29, 0.717) is 43.2 Å². The van der Waals surface area contributed by atoms with Gasteiger partial charge in [-0.05, 0) is 61.2 Å². The minimum Gasteiger partial charge on any atom is -0.508 e. The monoisotopic (exact) mass is 406 g/mol. The van der Waals surface area contributed by atoms with Crippen molar-refractivity contribution in [2.45, 2.75) is 32.4 Å². The van der Waals surface area contributed by atoms with Crippen LogP contribution in [0.5, 0.6) is 5.75 Å². The van der Waals surface area contributed by atoms with Gasteiger partial charge in [0.2, 0.25) is 0 Å². The lowest BCUT2D eigenvalue weighted by molar-refractivity contribution is -0.137. The number of aromatic hydroxyl groups is 1. The lowest BCUT2D eigenvalue weighted by Crippen LogP contribution is -2.07. The van der Waals surface area contributed by atoms with Crippen LogP contribution in [0, 0.1) is 11.8 Å². The van der Waals surface area contributed by atoms with Crippen LogP contribution in [0.4, 0.5) is 13.2 Å². The number of phenols is 1. The summed E-state index contributed by atoms with van der Waals surface area (Å²) in [6, 6.07) is 7.21. The second kappa shape index (κ2) is 9.99. The first-order valence-corrected chi connectivity index (χ1v) is 9.08. The van der Waals surface area contributed by atoms with Crippen LogP contribution in [0.15, 0.2) is 36.4 Å². The number of hydrogen-bond donors (Lipinski definition) is 2. The summed E-state index contributed by atoms with van der Waals surface area (Å²) in [5, 5.41) is 18.5. The number of hydrogen-bond acceptors (Lipinski definition) is 3. The van der Waals surface area contributed by atoms with Crippen molar-refractivity contribution in [3.05, 3.63) is 64.2 Å². The molecule has 154 valence electrons. The van der Waals surface area contributed by atoms with Gasteiger partial charge in [0.05, 0.1) is 11.1 Å². The van der Waals surface area contributed by atoms with E-state index in [1.165, 1.54) is 18.2 Å². The molecule has 7 heteroatoms. The molecule has 0 amide bonds. The molecule has 0 aliphatic carbocycles. The Morgan fingerprint density at radius 3 is 2.41 bits per heavy atom. The van der Waals surface area contributed by atoms with E-state index in [0.717, 1.165) is 18.6 Å². The minimum atomic E-state index is -4.66. The minimum absolute atomic E-state index is 0.0839. The van der Waals surface area contributed by atoms with Gasteiger partial charge in [-0.2, -0.15) is 13.2 Å². The maximum absolute atomic E-state index is 13.2. The largest absolute Gasteiger partial charge is 0.508 e. The van der Waals surface area contributed by atoms with Gasteiger partial charge in [-0.15, -0.1) is 0 Å². The number of ether oxygens (including phenoxy) is 1. The Balaban J connectivity index is 2.35. The lowest BCUT2D eigenvalue weighted by atomic mass is 9.99. The Kier molecular flexibility index (Phi) is 7.68. The molecule has 0 aliphatic heterocycles. The lowest BCUT2D eigenvalue weighted by Gasteiger charge is -2.10. The average molecular weight is 406 g/mol. The van der Waals surface area contributed by atoms with E-state index >= 15 is 0 Å². The predicted molar refractivity (Wildman–Crippen MR) is 102 cm³/mol. The van der Waals surface area contributed by atoms with Gasteiger partial charge in [-0.25, -0.2) is 4.79 Å². The van der Waals surface area contributed by atoms with Crippen molar-refractivity contribution in [3.63, 3.8) is 0 Å². The highest BCUT2D eigenvalue weighted by atomic mass is 19.4. The highest BCUT2D eigenvalue weighted by Gasteiger charge is 2.33. The van der Waals surface area contributed by atoms with E-state index in [4.69, 9.17) is 4.74 Å². The molecule has 2 aromatic carbocycles. The smallest absolute Gasteiger partial charge is 0.417 e. The van der Waals surface area contributed by atoms with Crippen molar-refractivity contribution in [3.8, 4) is 17.6 Å². The predicted octanol–water partition coefficient (Wildman–Crippen LogP) is 4.87. The zero-order valence-electron chi connectivity index (χ0n) is 15.8. The highest BCUT2D eigenvalue weighted by Crippen LogP contribution is 2.33. The standard InChI is InChI=1S/C22H21F3O4/c1-2-11-29-12-3-4-17-13-18(21(27)28)8-6-15(17)5-7-16-9-10-19(26)14-20(16)22(23,24)25/h6,8-10,13-14,26H,2-4,11-12H2,1H3,(H,27,28). The topological polar surface area (TPSA) is 66.8 Å². The average Bonchev–Trinajstić information content (AvgIpc) is 2.66. The third-order valence-corrected chi connectivity index (χ3v) is 4.08. The molecule has 29 heavy (non-hydrogen) atoms. The van der Waals surface area contributed by atoms with Crippen LogP contribution in [-0.4, -0.2) is 29.4 Å². The Hall–Kier alpha value is -2.98. The first-order chi connectivity index (χ1) is 13.7. The van der Waals surface area contributed by atoms with Crippen molar-refractivity contribution in [2.24, 2.45) is 0 Å². The number of aryl methyl sites for hydroxylation is 1. The molecule has 0 fully saturated rings. The second-order valence-corrected chi connectivity index (χ2v) is 6.37. The number of carbonyl (C=O) groups is 1. The maximum Gasteiger partial charge on any atom is 0.417 e. The van der Waals surface area contributed by atoms with E-state index in [1.54, 1.807) is 0 Å². The molecule has 0 unspecified atom stereocenters. The van der Waals surface area contributed by atoms with Crippen LogP contribution < -0.4 is 0 Å². The summed E-state index contributed by atoms with van der Waals surface area (Å²) in [4.78, 5) is 11.2. The maximum atomic E-state index is 13.2. The van der Waals surface area contributed by atoms with Gasteiger partial charge in [0.15, 0.2) is 0 Å². The Bertz CT molecular complexity index is 924. The van der Waals surface area contributed by atoms with Crippen molar-refractivity contribution < 1.29 is 32.9 Å². The molecule has 0 aromatic heterocycles. The zero-order valence-corrected chi connectivity index (χ0v) is 15.8. The molecule has 2 aromatic rings. The summed E-state index contributed by atoms with van der Waals surface area (Å²) in [6.07, 6.45) is -2.66. The number of phenolic OH excluding ortho intramolecular Hbond substituents is 1. The summed E-state index contributed by atoms with van der Waals surface area (Å²) in [7, 11) is 0. The van der Waals surface area contributed by atoms with Crippen molar-refractivity contribution >= 4 is 5.97 Å². The third kappa shape index (κ3) is 6.54. The van der Waals surface area contributed by atoms with E-state index in [9.17, 15) is 28.2 Å². The number of alkyl halides is 3. The van der Waals surface area contributed by atoms with E-state index in [2.05, 4.69) is 11.8 Å². The fraction of sp³-hybridized carbons (Fsp3) is 0.318. The van der Waals surface area contributed by atoms with E-state index in [-0.39, 0.29) is 11.1 Å². The normalized spacial score (nSPS) is 11.0. The van der Waals surface area contributed by atoms with Crippen LogP contribution in [0.3, 0.4) is 0 Å². The van der Waals surface area contributed by atoms with Gasteiger partial charge in [-0.3, -0.25) is 0 Å². The molecule has 0 aliphatic rings. The van der Waals surface area contributed by atoms with E-state index < -0.39 is 23.5 Å². The second-order valence-electron chi connectivity index (χ2n) is 6.37. The van der Waals surface area contributed by atoms with E-state index in [1.807, 2.05) is 6.92 Å². The molecule has 0 atom stereocenters. The van der Waals surface area contributed by atoms with Crippen LogP contribution in [-0.2, 0) is 17.3 Å². The zero-order chi connectivity index (χ0) is 21.4. The summed E-state index contributed by atoms with van der Waals surface area (Å²) in [5.41, 5.74) is -0.131. The van der Waals surface area contributed by atoms with Gasteiger partial charge >= 0.3 is 12.1 Å². The van der Waals surface area contributed by atoms with Gasteiger partial charge in [0.1, 0.15) is 5.75 Å². The highest BCUT2D eigenvalue weighted by molar-refractivity contribution is 5.88. The number of aromatic carboxylic acids is 1. The number of benzene rings is 2. The quantitative estimate of drug-likeness (QED) is 0.509. The Labute approximate surface area is 166 Å². The number of halogens is 3. The molecule has 0 spiro atoms. The number of rotatable bonds is 7. The van der Waals surface area contributed by atoms with Gasteiger partial charge in [0, 0.05) is 24.3 Å². The summed E-state index contributed by atoms with van der Waals surface area (Å²) in [6.45, 7) is 3.11. The fourth-order valence-electron chi connectivity index (χ4n) is 2.68. The van der Waals surface area contributed by atoms with Crippen LogP contribution in [0.2, 0.25) is 0 Å². The third-order valence-electron chi connectivity index (χ3n) is 4.08. The molecule has 0 bridgehead atoms. The van der Waals surface area contributed by atoms with Crippen molar-refractivity contribution in [1.82, 2.24) is 0 Å². The van der Waals surface area contributed by atoms with Crippen LogP contribution in [0.25, 0.3) is 0 Å². The molecule has 0 saturated carbocycles. The van der Waals surface area contributed by atoms with Gasteiger partial charge in [0.25, 0.3) is 0 Å². The summed E-state index contributed by atoms with van der Waals surface area (Å²) >= 11 is 0. The molecule has 0 radical (unpaired) electrons. The molecule has 2 rings (SSSR count). The molecular weight excluding hydrogens is 385 g/mol. The summed E-state index contributed by atoms with van der Waals surface area (Å²) < 4.78 is 45.0. The van der Waals surface area contributed by atoms with Gasteiger partial charge in [-0.1, -0.05) is 18.8 Å². The number of carboxylic acid groups (broad SMARTS) is 1.